The minimum absolute atomic E-state index is 0.263. The van der Waals surface area contributed by atoms with Crippen molar-refractivity contribution < 1.29 is 19.8 Å². The highest BCUT2D eigenvalue weighted by Crippen LogP contribution is 1.94. The van der Waals surface area contributed by atoms with Crippen molar-refractivity contribution in [2.45, 2.75) is 12.1 Å². The van der Waals surface area contributed by atoms with Crippen LogP contribution in [0, 0.1) is 0 Å². The minimum atomic E-state index is -1.03. The van der Waals surface area contributed by atoms with Gasteiger partial charge in [0.2, 0.25) is 0 Å². The van der Waals surface area contributed by atoms with Gasteiger partial charge in [-0.15, -0.1) is 0 Å². The zero-order valence-electron chi connectivity index (χ0n) is 6.28. The van der Waals surface area contributed by atoms with E-state index in [0.29, 0.717) is 0 Å². The standard InChI is InChI=1S/C6H10N2O4/c9-5(10)3-1-7-2-4(8-3)6(11)12/h3-4,7-8H,1-2H2,(H,9,10)(H,11,12). The first-order chi connectivity index (χ1) is 5.61. The normalized spacial score (nSPS) is 29.7. The molecule has 1 fully saturated rings. The van der Waals surface area contributed by atoms with Gasteiger partial charge in [-0.3, -0.25) is 14.9 Å². The Morgan fingerprint density at radius 1 is 1.08 bits per heavy atom. The summed E-state index contributed by atoms with van der Waals surface area (Å²) in [6, 6.07) is -1.61. The summed E-state index contributed by atoms with van der Waals surface area (Å²) in [6.45, 7) is 0.526. The van der Waals surface area contributed by atoms with Crippen LogP contribution in [0.3, 0.4) is 0 Å². The third-order valence-corrected chi connectivity index (χ3v) is 1.70. The summed E-state index contributed by atoms with van der Waals surface area (Å²) < 4.78 is 0. The van der Waals surface area contributed by atoms with Crippen molar-refractivity contribution in [3.8, 4) is 0 Å². The number of piperazine rings is 1. The number of nitrogens with one attached hydrogen (secondary N) is 2. The molecule has 1 saturated heterocycles. The molecule has 2 atom stereocenters. The first-order valence-corrected chi connectivity index (χ1v) is 3.53. The molecule has 6 nitrogen and oxygen atoms in total. The van der Waals surface area contributed by atoms with Crippen LogP contribution in [0.4, 0.5) is 0 Å². The van der Waals surface area contributed by atoms with E-state index in [1.165, 1.54) is 0 Å². The predicted molar refractivity (Wildman–Crippen MR) is 38.9 cm³/mol. The second-order valence-electron chi connectivity index (χ2n) is 2.61. The highest BCUT2D eigenvalue weighted by atomic mass is 16.4. The van der Waals surface area contributed by atoms with Gasteiger partial charge in [-0.25, -0.2) is 0 Å². The van der Waals surface area contributed by atoms with E-state index < -0.39 is 24.0 Å². The molecule has 0 spiro atoms. The molecule has 1 aliphatic heterocycles. The number of hydrogen-bond donors (Lipinski definition) is 4. The second-order valence-corrected chi connectivity index (χ2v) is 2.61. The number of carbonyl (C=O) groups is 2. The molecule has 0 saturated carbocycles. The fourth-order valence-electron chi connectivity index (χ4n) is 1.05. The highest BCUT2D eigenvalue weighted by Gasteiger charge is 2.29. The van der Waals surface area contributed by atoms with Gasteiger partial charge < -0.3 is 15.5 Å². The Labute approximate surface area is 68.6 Å². The molecular formula is C6H10N2O4. The van der Waals surface area contributed by atoms with Gasteiger partial charge in [0.1, 0.15) is 12.1 Å². The smallest absolute Gasteiger partial charge is 0.322 e. The molecule has 68 valence electrons. The molecular weight excluding hydrogens is 164 g/mol. The van der Waals surface area contributed by atoms with Crippen molar-refractivity contribution in [2.75, 3.05) is 13.1 Å². The largest absolute Gasteiger partial charge is 0.480 e. The monoisotopic (exact) mass is 174 g/mol. The average molecular weight is 174 g/mol. The summed E-state index contributed by atoms with van der Waals surface area (Å²) in [5.74, 6) is -2.07. The molecule has 0 aromatic carbocycles. The van der Waals surface area contributed by atoms with Crippen LogP contribution >= 0.6 is 0 Å². The Kier molecular flexibility index (Phi) is 2.61. The highest BCUT2D eigenvalue weighted by molar-refractivity contribution is 5.78. The summed E-state index contributed by atoms with van der Waals surface area (Å²) in [6.07, 6.45) is 0. The zero-order chi connectivity index (χ0) is 9.14. The maximum atomic E-state index is 10.4. The van der Waals surface area contributed by atoms with Gasteiger partial charge in [0, 0.05) is 13.1 Å². The Balaban J connectivity index is 2.51. The molecule has 1 rings (SSSR count). The van der Waals surface area contributed by atoms with E-state index in [4.69, 9.17) is 10.2 Å². The molecule has 4 N–H and O–H groups in total. The van der Waals surface area contributed by atoms with E-state index in [9.17, 15) is 9.59 Å². The third-order valence-electron chi connectivity index (χ3n) is 1.70. The fourth-order valence-corrected chi connectivity index (χ4v) is 1.05. The van der Waals surface area contributed by atoms with Gasteiger partial charge in [0.25, 0.3) is 0 Å². The fraction of sp³-hybridized carbons (Fsp3) is 0.667. The van der Waals surface area contributed by atoms with Crippen LogP contribution in [-0.4, -0.2) is 47.3 Å². The van der Waals surface area contributed by atoms with Gasteiger partial charge in [-0.1, -0.05) is 0 Å². The molecule has 0 amide bonds. The van der Waals surface area contributed by atoms with Crippen LogP contribution in [-0.2, 0) is 9.59 Å². The summed E-state index contributed by atoms with van der Waals surface area (Å²) in [5, 5.41) is 22.3. The van der Waals surface area contributed by atoms with Crippen LogP contribution < -0.4 is 10.6 Å². The lowest BCUT2D eigenvalue weighted by molar-refractivity contribution is -0.143. The average Bonchev–Trinajstić information content (AvgIpc) is 2.04. The third kappa shape index (κ3) is 1.93. The van der Waals surface area contributed by atoms with Gasteiger partial charge in [0.05, 0.1) is 0 Å². The summed E-state index contributed by atoms with van der Waals surface area (Å²) >= 11 is 0. The van der Waals surface area contributed by atoms with Gasteiger partial charge in [0.15, 0.2) is 0 Å². The first kappa shape index (κ1) is 8.95. The van der Waals surface area contributed by atoms with Crippen LogP contribution in [0.15, 0.2) is 0 Å². The molecule has 1 heterocycles. The molecule has 0 bridgehead atoms. The van der Waals surface area contributed by atoms with E-state index in [0.717, 1.165) is 0 Å². The van der Waals surface area contributed by atoms with Crippen molar-refractivity contribution in [3.63, 3.8) is 0 Å². The molecule has 0 radical (unpaired) electrons. The zero-order valence-corrected chi connectivity index (χ0v) is 6.28. The Hall–Kier alpha value is -1.14. The van der Waals surface area contributed by atoms with Crippen LogP contribution in [0.25, 0.3) is 0 Å². The maximum Gasteiger partial charge on any atom is 0.322 e. The van der Waals surface area contributed by atoms with Crippen molar-refractivity contribution >= 4 is 11.9 Å². The number of rotatable bonds is 2. The second kappa shape index (κ2) is 3.51. The van der Waals surface area contributed by atoms with E-state index in [1.807, 2.05) is 0 Å². The van der Waals surface area contributed by atoms with Gasteiger partial charge >= 0.3 is 11.9 Å². The van der Waals surface area contributed by atoms with E-state index in [1.54, 1.807) is 0 Å². The molecule has 2 unspecified atom stereocenters. The van der Waals surface area contributed by atoms with Crippen molar-refractivity contribution in [2.24, 2.45) is 0 Å². The van der Waals surface area contributed by atoms with Crippen molar-refractivity contribution in [1.29, 1.82) is 0 Å². The molecule has 1 aliphatic rings. The van der Waals surface area contributed by atoms with Crippen molar-refractivity contribution in [3.05, 3.63) is 0 Å². The van der Waals surface area contributed by atoms with Gasteiger partial charge in [-0.05, 0) is 0 Å². The Bertz CT molecular complexity index is 186. The summed E-state index contributed by atoms with van der Waals surface area (Å²) in [5.41, 5.74) is 0. The Morgan fingerprint density at radius 2 is 1.50 bits per heavy atom. The Morgan fingerprint density at radius 3 is 1.83 bits per heavy atom. The number of carboxylic acid groups (broad SMARTS) is 2. The first-order valence-electron chi connectivity index (χ1n) is 3.53. The number of aliphatic carboxylic acids is 2. The lowest BCUT2D eigenvalue weighted by atomic mass is 10.1. The molecule has 0 aromatic heterocycles. The topological polar surface area (TPSA) is 98.7 Å². The quantitative estimate of drug-likeness (QED) is 0.390. The number of hydrogen-bond acceptors (Lipinski definition) is 4. The van der Waals surface area contributed by atoms with Gasteiger partial charge in [-0.2, -0.15) is 0 Å². The van der Waals surface area contributed by atoms with Crippen LogP contribution in [0.1, 0.15) is 0 Å². The summed E-state index contributed by atoms with van der Waals surface area (Å²) in [7, 11) is 0. The summed E-state index contributed by atoms with van der Waals surface area (Å²) in [4.78, 5) is 20.9. The molecule has 6 heteroatoms. The SMILES string of the molecule is O=C(O)C1CNCC(C(=O)O)N1. The molecule has 12 heavy (non-hydrogen) atoms. The predicted octanol–water partition coefficient (Wildman–Crippen LogP) is -1.91. The van der Waals surface area contributed by atoms with E-state index in [-0.39, 0.29) is 13.1 Å². The molecule has 0 aromatic rings. The lowest BCUT2D eigenvalue weighted by Crippen LogP contribution is -2.60. The minimum Gasteiger partial charge on any atom is -0.480 e. The number of carboxylic acids is 2. The van der Waals surface area contributed by atoms with Crippen LogP contribution in [0.2, 0.25) is 0 Å². The van der Waals surface area contributed by atoms with E-state index >= 15 is 0 Å². The maximum absolute atomic E-state index is 10.4. The van der Waals surface area contributed by atoms with E-state index in [2.05, 4.69) is 10.6 Å². The molecule has 0 aliphatic carbocycles. The van der Waals surface area contributed by atoms with Crippen LogP contribution in [0.5, 0.6) is 0 Å². The van der Waals surface area contributed by atoms with Crippen molar-refractivity contribution in [1.82, 2.24) is 10.6 Å². The lowest BCUT2D eigenvalue weighted by Gasteiger charge is -2.26.